The maximum atomic E-state index is 15.3. The summed E-state index contributed by atoms with van der Waals surface area (Å²) in [5.74, 6) is -1.37. The molecular formula is C22H20FN3O2. The second-order valence-electron chi connectivity index (χ2n) is 7.02. The molecule has 0 saturated carbocycles. The Bertz CT molecular complexity index is 1180. The lowest BCUT2D eigenvalue weighted by atomic mass is 9.91. The molecule has 2 heterocycles. The van der Waals surface area contributed by atoms with Crippen LogP contribution in [0.2, 0.25) is 0 Å². The van der Waals surface area contributed by atoms with E-state index in [9.17, 15) is 9.59 Å². The van der Waals surface area contributed by atoms with E-state index >= 15 is 4.39 Å². The van der Waals surface area contributed by atoms with E-state index in [1.807, 2.05) is 32.0 Å². The average Bonchev–Trinajstić information content (AvgIpc) is 3.23. The molecule has 28 heavy (non-hydrogen) atoms. The molecule has 6 heteroatoms. The molecule has 0 radical (unpaired) electrons. The molecule has 1 aliphatic heterocycles. The van der Waals surface area contributed by atoms with E-state index in [0.29, 0.717) is 29.4 Å². The second kappa shape index (κ2) is 6.34. The molecule has 2 aromatic carbocycles. The fourth-order valence-corrected chi connectivity index (χ4v) is 4.09. The molecule has 0 fully saturated rings. The fourth-order valence-electron chi connectivity index (χ4n) is 4.09. The molecule has 3 N–H and O–H groups in total. The average molecular weight is 377 g/mol. The number of carbonyl (C=O) groups is 2. The first-order valence-electron chi connectivity index (χ1n) is 9.02. The summed E-state index contributed by atoms with van der Waals surface area (Å²) in [6.45, 7) is 7.84. The van der Waals surface area contributed by atoms with Crippen molar-refractivity contribution in [2.24, 2.45) is 5.73 Å². The standard InChI is InChI=1S/C22H20FN3O2/c1-4-18(27)26-9-8-13-14(6-5-7-17(13)26)20-16(23)10-15(22(24)28)21-19(20)11(2)12(3)25-21/h4-7,10,25H,1,8-9H2,2-3H3,(H2,24,28). The number of aromatic nitrogens is 1. The minimum atomic E-state index is -0.683. The number of rotatable bonds is 3. The number of nitrogens with one attached hydrogen (secondary N) is 1. The van der Waals surface area contributed by atoms with Crippen LogP contribution in [0.25, 0.3) is 22.0 Å². The van der Waals surface area contributed by atoms with Crippen LogP contribution < -0.4 is 10.6 Å². The number of halogens is 1. The molecule has 0 spiro atoms. The Balaban J connectivity index is 2.05. The molecule has 142 valence electrons. The number of carbonyl (C=O) groups excluding carboxylic acids is 2. The van der Waals surface area contributed by atoms with Crippen LogP contribution >= 0.6 is 0 Å². The van der Waals surface area contributed by atoms with E-state index in [-0.39, 0.29) is 11.5 Å². The molecule has 5 nitrogen and oxygen atoms in total. The number of amides is 2. The summed E-state index contributed by atoms with van der Waals surface area (Å²) in [5.41, 5.74) is 10.7. The highest BCUT2D eigenvalue weighted by atomic mass is 19.1. The third kappa shape index (κ3) is 2.45. The number of fused-ring (bicyclic) bond motifs is 2. The van der Waals surface area contributed by atoms with E-state index in [2.05, 4.69) is 11.6 Å². The van der Waals surface area contributed by atoms with Gasteiger partial charge in [0.2, 0.25) is 5.91 Å². The lowest BCUT2D eigenvalue weighted by molar-refractivity contribution is -0.114. The normalized spacial score (nSPS) is 13.0. The number of nitrogens with two attached hydrogens (primary N) is 1. The summed E-state index contributed by atoms with van der Waals surface area (Å²) >= 11 is 0. The van der Waals surface area contributed by atoms with Crippen molar-refractivity contribution >= 4 is 28.4 Å². The number of anilines is 1. The van der Waals surface area contributed by atoms with E-state index in [0.717, 1.165) is 28.1 Å². The number of nitrogens with zero attached hydrogens (tertiary/aromatic N) is 1. The molecular weight excluding hydrogens is 357 g/mol. The Kier molecular flexibility index (Phi) is 4.07. The van der Waals surface area contributed by atoms with Gasteiger partial charge in [-0.25, -0.2) is 4.39 Å². The zero-order chi connectivity index (χ0) is 20.2. The van der Waals surface area contributed by atoms with Crippen molar-refractivity contribution in [2.75, 3.05) is 11.4 Å². The van der Waals surface area contributed by atoms with Crippen LogP contribution in [0.1, 0.15) is 27.2 Å². The number of H-pyrrole nitrogens is 1. The Morgan fingerprint density at radius 1 is 1.32 bits per heavy atom. The topological polar surface area (TPSA) is 79.2 Å². The van der Waals surface area contributed by atoms with Crippen molar-refractivity contribution in [3.05, 3.63) is 65.1 Å². The summed E-state index contributed by atoms with van der Waals surface area (Å²) in [4.78, 5) is 28.8. The quantitative estimate of drug-likeness (QED) is 0.682. The van der Waals surface area contributed by atoms with Crippen molar-refractivity contribution < 1.29 is 14.0 Å². The minimum absolute atomic E-state index is 0.128. The van der Waals surface area contributed by atoms with Gasteiger partial charge in [0.25, 0.3) is 5.91 Å². The second-order valence-corrected chi connectivity index (χ2v) is 7.02. The smallest absolute Gasteiger partial charge is 0.250 e. The molecule has 0 bridgehead atoms. The predicted octanol–water partition coefficient (Wildman–Crippen LogP) is 3.76. The Hall–Kier alpha value is -3.41. The van der Waals surface area contributed by atoms with Crippen LogP contribution in [-0.4, -0.2) is 23.3 Å². The van der Waals surface area contributed by atoms with Crippen molar-refractivity contribution in [1.82, 2.24) is 4.98 Å². The Morgan fingerprint density at radius 2 is 2.07 bits per heavy atom. The van der Waals surface area contributed by atoms with Gasteiger partial charge >= 0.3 is 0 Å². The van der Waals surface area contributed by atoms with Crippen LogP contribution in [0.4, 0.5) is 10.1 Å². The molecule has 0 aliphatic carbocycles. The first kappa shape index (κ1) is 18.0. The first-order valence-corrected chi connectivity index (χ1v) is 9.02. The first-order chi connectivity index (χ1) is 13.3. The lowest BCUT2D eigenvalue weighted by Crippen LogP contribution is -2.26. The summed E-state index contributed by atoms with van der Waals surface area (Å²) in [5, 5.41) is 0.646. The summed E-state index contributed by atoms with van der Waals surface area (Å²) < 4.78 is 15.3. The van der Waals surface area contributed by atoms with E-state index in [1.54, 1.807) is 4.90 Å². The summed E-state index contributed by atoms with van der Waals surface area (Å²) in [6.07, 6.45) is 1.90. The number of aromatic amines is 1. The highest BCUT2D eigenvalue weighted by Gasteiger charge is 2.28. The molecule has 0 atom stereocenters. The van der Waals surface area contributed by atoms with Crippen molar-refractivity contribution in [3.63, 3.8) is 0 Å². The van der Waals surface area contributed by atoms with Crippen LogP contribution in [0.15, 0.2) is 36.9 Å². The number of benzene rings is 2. The van der Waals surface area contributed by atoms with Gasteiger partial charge in [-0.3, -0.25) is 9.59 Å². The monoisotopic (exact) mass is 377 g/mol. The maximum Gasteiger partial charge on any atom is 0.250 e. The van der Waals surface area contributed by atoms with E-state index in [1.165, 1.54) is 12.1 Å². The molecule has 1 aromatic heterocycles. The SMILES string of the molecule is C=CC(=O)N1CCc2c(-c3c(F)cc(C(N)=O)c4[nH]c(C)c(C)c34)cccc21. The van der Waals surface area contributed by atoms with Gasteiger partial charge in [-0.05, 0) is 55.2 Å². The van der Waals surface area contributed by atoms with Crippen molar-refractivity contribution in [2.45, 2.75) is 20.3 Å². The van der Waals surface area contributed by atoms with Crippen LogP contribution in [-0.2, 0) is 11.2 Å². The van der Waals surface area contributed by atoms with Crippen LogP contribution in [0.5, 0.6) is 0 Å². The third-order valence-electron chi connectivity index (χ3n) is 5.53. The molecule has 0 unspecified atom stereocenters. The Morgan fingerprint density at radius 3 is 2.75 bits per heavy atom. The number of primary amides is 1. The van der Waals surface area contributed by atoms with Gasteiger partial charge < -0.3 is 15.6 Å². The third-order valence-corrected chi connectivity index (χ3v) is 5.53. The molecule has 1 aliphatic rings. The zero-order valence-corrected chi connectivity index (χ0v) is 15.7. The van der Waals surface area contributed by atoms with Gasteiger partial charge in [0.1, 0.15) is 5.82 Å². The fraction of sp³-hybridized carbons (Fsp3) is 0.182. The van der Waals surface area contributed by atoms with Gasteiger partial charge in [0.15, 0.2) is 0 Å². The van der Waals surface area contributed by atoms with Crippen LogP contribution in [0.3, 0.4) is 0 Å². The highest BCUT2D eigenvalue weighted by Crippen LogP contribution is 2.42. The van der Waals surface area contributed by atoms with Crippen molar-refractivity contribution in [1.29, 1.82) is 0 Å². The van der Waals surface area contributed by atoms with Crippen LogP contribution in [0, 0.1) is 19.7 Å². The lowest BCUT2D eigenvalue weighted by Gasteiger charge is -2.17. The molecule has 2 amide bonds. The zero-order valence-electron chi connectivity index (χ0n) is 15.7. The number of hydrogen-bond acceptors (Lipinski definition) is 2. The molecule has 0 saturated heterocycles. The molecule has 3 aromatic rings. The molecule has 4 rings (SSSR count). The van der Waals surface area contributed by atoms with Gasteiger partial charge in [-0.15, -0.1) is 0 Å². The number of hydrogen-bond donors (Lipinski definition) is 2. The maximum absolute atomic E-state index is 15.3. The predicted molar refractivity (Wildman–Crippen MR) is 108 cm³/mol. The van der Waals surface area contributed by atoms with Gasteiger partial charge in [-0.1, -0.05) is 18.7 Å². The Labute approximate surface area is 161 Å². The number of aryl methyl sites for hydroxylation is 2. The summed E-state index contributed by atoms with van der Waals surface area (Å²) in [6, 6.07) is 6.71. The van der Waals surface area contributed by atoms with Gasteiger partial charge in [0, 0.05) is 28.9 Å². The minimum Gasteiger partial charge on any atom is -0.366 e. The van der Waals surface area contributed by atoms with E-state index < -0.39 is 11.7 Å². The summed E-state index contributed by atoms with van der Waals surface area (Å²) in [7, 11) is 0. The highest BCUT2D eigenvalue weighted by molar-refractivity contribution is 6.11. The van der Waals surface area contributed by atoms with Gasteiger partial charge in [0.05, 0.1) is 11.1 Å². The largest absolute Gasteiger partial charge is 0.366 e. The van der Waals surface area contributed by atoms with Crippen molar-refractivity contribution in [3.8, 4) is 11.1 Å². The van der Waals surface area contributed by atoms with E-state index in [4.69, 9.17) is 5.73 Å². The van der Waals surface area contributed by atoms with Gasteiger partial charge in [-0.2, -0.15) is 0 Å².